The molecule has 4 N–H and O–H groups in total. The van der Waals surface area contributed by atoms with E-state index in [1.54, 1.807) is 0 Å². The molecule has 1 aromatic rings. The van der Waals surface area contributed by atoms with E-state index in [-0.39, 0.29) is 23.1 Å². The Balaban J connectivity index is 3.11. The molecule has 5 nitrogen and oxygen atoms in total. The van der Waals surface area contributed by atoms with Gasteiger partial charge in [-0.15, -0.1) is 0 Å². The second-order valence-electron chi connectivity index (χ2n) is 3.70. The number of carbonyl (C=O) groups is 2. The van der Waals surface area contributed by atoms with E-state index in [1.165, 1.54) is 13.0 Å². The number of halogens is 1. The molecular weight excluding hydrogens is 229 g/mol. The van der Waals surface area contributed by atoms with Gasteiger partial charge >= 0.3 is 11.9 Å². The molecule has 1 rings (SSSR count). The van der Waals surface area contributed by atoms with Crippen molar-refractivity contribution in [1.29, 1.82) is 0 Å². The van der Waals surface area contributed by atoms with Crippen molar-refractivity contribution in [1.82, 2.24) is 0 Å². The van der Waals surface area contributed by atoms with Gasteiger partial charge in [-0.25, -0.2) is 9.18 Å². The lowest BCUT2D eigenvalue weighted by molar-refractivity contribution is -0.138. The number of aliphatic carboxylic acids is 1. The third-order valence-corrected chi connectivity index (χ3v) is 2.41. The van der Waals surface area contributed by atoms with Crippen LogP contribution in [0.2, 0.25) is 0 Å². The molecule has 92 valence electrons. The number of benzene rings is 1. The van der Waals surface area contributed by atoms with Crippen molar-refractivity contribution in [2.45, 2.75) is 19.4 Å². The topological polar surface area (TPSA) is 101 Å². The standard InChI is InChI=1S/C11H12FNO4/c1-5-7(10(14)15)2-6(3-8(5)12)4-9(13)11(16)17/h2-3,9H,4,13H2,1H3,(H,14,15)(H,16,17). The zero-order valence-electron chi connectivity index (χ0n) is 9.11. The summed E-state index contributed by atoms with van der Waals surface area (Å²) >= 11 is 0. The Morgan fingerprint density at radius 2 is 2.00 bits per heavy atom. The molecule has 0 spiro atoms. The monoisotopic (exact) mass is 241 g/mol. The number of carboxylic acid groups (broad SMARTS) is 2. The molecule has 0 heterocycles. The summed E-state index contributed by atoms with van der Waals surface area (Å²) in [6.45, 7) is 1.35. The van der Waals surface area contributed by atoms with Crippen LogP contribution in [-0.4, -0.2) is 28.2 Å². The number of nitrogens with two attached hydrogens (primary N) is 1. The Morgan fingerprint density at radius 1 is 1.41 bits per heavy atom. The fraction of sp³-hybridized carbons (Fsp3) is 0.273. The summed E-state index contributed by atoms with van der Waals surface area (Å²) in [6.07, 6.45) is -0.118. The first-order valence-corrected chi connectivity index (χ1v) is 4.83. The van der Waals surface area contributed by atoms with Gasteiger partial charge in [0.2, 0.25) is 0 Å². The van der Waals surface area contributed by atoms with Crippen LogP contribution in [0.5, 0.6) is 0 Å². The Labute approximate surface area is 96.7 Å². The molecule has 0 aliphatic heterocycles. The van der Waals surface area contributed by atoms with Gasteiger partial charge < -0.3 is 15.9 Å². The minimum Gasteiger partial charge on any atom is -0.480 e. The highest BCUT2D eigenvalue weighted by atomic mass is 19.1. The van der Waals surface area contributed by atoms with Crippen molar-refractivity contribution in [3.63, 3.8) is 0 Å². The second kappa shape index (κ2) is 4.92. The van der Waals surface area contributed by atoms with Crippen LogP contribution in [0.25, 0.3) is 0 Å². The fourth-order valence-corrected chi connectivity index (χ4v) is 1.42. The SMILES string of the molecule is Cc1c(F)cc(CC(N)C(=O)O)cc1C(=O)O. The molecule has 1 atom stereocenters. The number of carboxylic acids is 2. The maximum atomic E-state index is 13.4. The molecule has 17 heavy (non-hydrogen) atoms. The maximum absolute atomic E-state index is 13.4. The van der Waals surface area contributed by atoms with Gasteiger partial charge in [0.15, 0.2) is 0 Å². The highest BCUT2D eigenvalue weighted by Crippen LogP contribution is 2.17. The first-order chi connectivity index (χ1) is 7.82. The summed E-state index contributed by atoms with van der Waals surface area (Å²) in [6, 6.07) is 1.16. The van der Waals surface area contributed by atoms with E-state index in [4.69, 9.17) is 15.9 Å². The second-order valence-corrected chi connectivity index (χ2v) is 3.70. The fourth-order valence-electron chi connectivity index (χ4n) is 1.42. The largest absolute Gasteiger partial charge is 0.480 e. The summed E-state index contributed by atoms with van der Waals surface area (Å²) in [5.41, 5.74) is 5.38. The van der Waals surface area contributed by atoms with Crippen molar-refractivity contribution in [2.24, 2.45) is 5.73 Å². The summed E-state index contributed by atoms with van der Waals surface area (Å²) in [5, 5.41) is 17.5. The summed E-state index contributed by atoms with van der Waals surface area (Å²) in [5.74, 6) is -3.16. The highest BCUT2D eigenvalue weighted by molar-refractivity contribution is 5.89. The molecule has 0 amide bonds. The lowest BCUT2D eigenvalue weighted by Gasteiger charge is -2.09. The van der Waals surface area contributed by atoms with E-state index in [1.807, 2.05) is 0 Å². The zero-order valence-corrected chi connectivity index (χ0v) is 9.11. The average Bonchev–Trinajstić information content (AvgIpc) is 2.22. The minimum atomic E-state index is -1.26. The maximum Gasteiger partial charge on any atom is 0.336 e. The van der Waals surface area contributed by atoms with Crippen LogP contribution in [0, 0.1) is 12.7 Å². The first-order valence-electron chi connectivity index (χ1n) is 4.83. The number of rotatable bonds is 4. The molecule has 0 fully saturated rings. The smallest absolute Gasteiger partial charge is 0.336 e. The van der Waals surface area contributed by atoms with E-state index >= 15 is 0 Å². The Morgan fingerprint density at radius 3 is 2.47 bits per heavy atom. The van der Waals surface area contributed by atoms with Gasteiger partial charge in [0.05, 0.1) is 5.56 Å². The van der Waals surface area contributed by atoms with Crippen molar-refractivity contribution < 1.29 is 24.2 Å². The van der Waals surface area contributed by atoms with E-state index in [2.05, 4.69) is 0 Å². The predicted molar refractivity (Wildman–Crippen MR) is 57.4 cm³/mol. The van der Waals surface area contributed by atoms with Crippen LogP contribution < -0.4 is 5.73 Å². The molecule has 1 unspecified atom stereocenters. The van der Waals surface area contributed by atoms with Crippen molar-refractivity contribution in [2.75, 3.05) is 0 Å². The molecule has 0 aliphatic carbocycles. The number of hydrogen-bond acceptors (Lipinski definition) is 3. The van der Waals surface area contributed by atoms with Gasteiger partial charge in [0.1, 0.15) is 11.9 Å². The summed E-state index contributed by atoms with van der Waals surface area (Å²) < 4.78 is 13.4. The summed E-state index contributed by atoms with van der Waals surface area (Å²) in [4.78, 5) is 21.4. The molecule has 0 radical (unpaired) electrons. The summed E-state index contributed by atoms with van der Waals surface area (Å²) in [7, 11) is 0. The molecule has 6 heteroatoms. The lowest BCUT2D eigenvalue weighted by Crippen LogP contribution is -2.32. The zero-order chi connectivity index (χ0) is 13.2. The average molecular weight is 241 g/mol. The Kier molecular flexibility index (Phi) is 3.80. The molecule has 0 aromatic heterocycles. The molecule has 0 aliphatic rings. The van der Waals surface area contributed by atoms with Crippen LogP contribution in [0.3, 0.4) is 0 Å². The van der Waals surface area contributed by atoms with Gasteiger partial charge in [0.25, 0.3) is 0 Å². The third-order valence-electron chi connectivity index (χ3n) is 2.41. The number of hydrogen-bond donors (Lipinski definition) is 3. The molecule has 0 saturated carbocycles. The number of aromatic carboxylic acids is 1. The Bertz CT molecular complexity index is 473. The van der Waals surface area contributed by atoms with Crippen molar-refractivity contribution >= 4 is 11.9 Å². The van der Waals surface area contributed by atoms with Crippen molar-refractivity contribution in [3.05, 3.63) is 34.6 Å². The molecule has 0 bridgehead atoms. The van der Waals surface area contributed by atoms with Gasteiger partial charge in [-0.3, -0.25) is 4.79 Å². The van der Waals surface area contributed by atoms with Crippen LogP contribution in [0.4, 0.5) is 4.39 Å². The molecule has 1 aromatic carbocycles. The van der Waals surface area contributed by atoms with Crippen LogP contribution in [-0.2, 0) is 11.2 Å². The van der Waals surface area contributed by atoms with Gasteiger partial charge in [-0.1, -0.05) is 0 Å². The minimum absolute atomic E-state index is 0.0187. The van der Waals surface area contributed by atoms with Gasteiger partial charge in [-0.05, 0) is 36.6 Å². The van der Waals surface area contributed by atoms with E-state index in [9.17, 15) is 14.0 Å². The molecular formula is C11H12FNO4. The highest BCUT2D eigenvalue weighted by Gasteiger charge is 2.17. The normalized spacial score (nSPS) is 12.2. The van der Waals surface area contributed by atoms with Crippen LogP contribution in [0.15, 0.2) is 12.1 Å². The Hall–Kier alpha value is -1.95. The van der Waals surface area contributed by atoms with Crippen LogP contribution in [0.1, 0.15) is 21.5 Å². The first kappa shape index (κ1) is 13.1. The third kappa shape index (κ3) is 3.01. The van der Waals surface area contributed by atoms with Gasteiger partial charge in [-0.2, -0.15) is 0 Å². The van der Waals surface area contributed by atoms with Crippen LogP contribution >= 0.6 is 0 Å². The van der Waals surface area contributed by atoms with Crippen molar-refractivity contribution in [3.8, 4) is 0 Å². The lowest BCUT2D eigenvalue weighted by atomic mass is 10.00. The van der Waals surface area contributed by atoms with E-state index < -0.39 is 23.8 Å². The van der Waals surface area contributed by atoms with E-state index in [0.29, 0.717) is 0 Å². The quantitative estimate of drug-likeness (QED) is 0.723. The van der Waals surface area contributed by atoms with E-state index in [0.717, 1.165) is 6.07 Å². The van der Waals surface area contributed by atoms with Gasteiger partial charge in [0, 0.05) is 0 Å². The predicted octanol–water partition coefficient (Wildman–Crippen LogP) is 0.787. The molecule has 0 saturated heterocycles.